The van der Waals surface area contributed by atoms with E-state index in [4.69, 9.17) is 0 Å². The van der Waals surface area contributed by atoms with Crippen LogP contribution in [0.3, 0.4) is 0 Å². The molecule has 0 aliphatic rings. The van der Waals surface area contributed by atoms with Crippen molar-refractivity contribution in [1.29, 1.82) is 0 Å². The van der Waals surface area contributed by atoms with E-state index in [-0.39, 0.29) is 16.7 Å². The van der Waals surface area contributed by atoms with Crippen molar-refractivity contribution in [3.05, 3.63) is 50.4 Å². The molecular formula is C19H21F5IN3O2. The first-order chi connectivity index (χ1) is 13.5. The van der Waals surface area contributed by atoms with Gasteiger partial charge in [0.15, 0.2) is 5.69 Å². The summed E-state index contributed by atoms with van der Waals surface area (Å²) in [7, 11) is 0. The molecular weight excluding hydrogens is 524 g/mol. The Labute approximate surface area is 184 Å². The van der Waals surface area contributed by atoms with E-state index in [1.165, 1.54) is 27.5 Å². The Hall–Kier alpha value is -1.92. The van der Waals surface area contributed by atoms with Gasteiger partial charge in [-0.15, -0.1) is 0 Å². The molecule has 0 aliphatic heterocycles. The van der Waals surface area contributed by atoms with Crippen molar-refractivity contribution in [3.63, 3.8) is 0 Å². The van der Waals surface area contributed by atoms with Gasteiger partial charge in [-0.1, -0.05) is 18.2 Å². The average Bonchev–Trinajstić information content (AvgIpc) is 2.92. The molecule has 0 saturated carbocycles. The van der Waals surface area contributed by atoms with E-state index >= 15 is 0 Å². The second-order valence-corrected chi connectivity index (χ2v) is 9.06. The standard InChI is InChI=1S/C19H21F5IN3O2/c1-11-7-12(5-6-13(11)9-28(16(29)30)17(2,3)4)8-27-10-14(25)15(26-27)18(20,21)19(22,23)24/h5-7,10H,8-9H2,1-4H3,(H,29,30). The highest BCUT2D eigenvalue weighted by Gasteiger charge is 2.61. The zero-order valence-corrected chi connectivity index (χ0v) is 18.8. The molecule has 5 nitrogen and oxygen atoms in total. The third kappa shape index (κ3) is 5.22. The Balaban J connectivity index is 2.25. The minimum atomic E-state index is -5.73. The van der Waals surface area contributed by atoms with Gasteiger partial charge in [0.2, 0.25) is 0 Å². The monoisotopic (exact) mass is 545 g/mol. The van der Waals surface area contributed by atoms with Gasteiger partial charge in [-0.3, -0.25) is 9.58 Å². The SMILES string of the molecule is Cc1cc(Cn2cc(I)c(C(F)(F)C(F)(F)F)n2)ccc1CN(C(=O)O)C(C)(C)C. The molecule has 0 aliphatic carbocycles. The van der Waals surface area contributed by atoms with Crippen LogP contribution in [0.25, 0.3) is 0 Å². The van der Waals surface area contributed by atoms with E-state index in [0.717, 1.165) is 22.0 Å². The molecule has 1 aromatic carbocycles. The lowest BCUT2D eigenvalue weighted by Gasteiger charge is -2.33. The number of aryl methyl sites for hydroxylation is 1. The molecule has 11 heteroatoms. The van der Waals surface area contributed by atoms with Crippen LogP contribution in [-0.2, 0) is 19.0 Å². The van der Waals surface area contributed by atoms with E-state index in [9.17, 15) is 31.9 Å². The van der Waals surface area contributed by atoms with E-state index in [0.29, 0.717) is 5.56 Å². The second kappa shape index (κ2) is 8.31. The Bertz CT molecular complexity index is 935. The fourth-order valence-electron chi connectivity index (χ4n) is 2.81. The van der Waals surface area contributed by atoms with Gasteiger partial charge in [0, 0.05) is 18.3 Å². The number of nitrogens with zero attached hydrogens (tertiary/aromatic N) is 3. The van der Waals surface area contributed by atoms with E-state index in [2.05, 4.69) is 5.10 Å². The molecule has 2 aromatic rings. The summed E-state index contributed by atoms with van der Waals surface area (Å²) in [5.41, 5.74) is 0.227. The summed E-state index contributed by atoms with van der Waals surface area (Å²) in [5.74, 6) is -5.04. The van der Waals surface area contributed by atoms with E-state index in [1.807, 2.05) is 0 Å². The first-order valence-corrected chi connectivity index (χ1v) is 9.89. The molecule has 1 amide bonds. The molecule has 1 N–H and O–H groups in total. The van der Waals surface area contributed by atoms with Crippen LogP contribution in [0.4, 0.5) is 26.7 Å². The van der Waals surface area contributed by atoms with Crippen LogP contribution < -0.4 is 0 Å². The number of benzene rings is 1. The van der Waals surface area contributed by atoms with Crippen LogP contribution in [0.1, 0.15) is 43.2 Å². The predicted molar refractivity (Wildman–Crippen MR) is 108 cm³/mol. The van der Waals surface area contributed by atoms with Crippen molar-refractivity contribution in [2.75, 3.05) is 0 Å². The van der Waals surface area contributed by atoms with Gasteiger partial charge in [0.25, 0.3) is 0 Å². The lowest BCUT2D eigenvalue weighted by atomic mass is 10.0. The molecule has 0 bridgehead atoms. The topological polar surface area (TPSA) is 58.4 Å². The van der Waals surface area contributed by atoms with E-state index in [1.54, 1.807) is 45.9 Å². The van der Waals surface area contributed by atoms with E-state index < -0.39 is 29.4 Å². The van der Waals surface area contributed by atoms with Crippen LogP contribution in [0.2, 0.25) is 0 Å². The van der Waals surface area contributed by atoms with Gasteiger partial charge in [-0.05, 0) is 67.0 Å². The van der Waals surface area contributed by atoms with Gasteiger partial charge >= 0.3 is 18.2 Å². The maximum Gasteiger partial charge on any atom is 0.459 e. The average molecular weight is 545 g/mol. The molecule has 0 saturated heterocycles. The Morgan fingerprint density at radius 3 is 2.27 bits per heavy atom. The number of amides is 1. The molecule has 2 rings (SSSR count). The third-order valence-electron chi connectivity index (χ3n) is 4.49. The number of rotatable bonds is 5. The largest absolute Gasteiger partial charge is 0.465 e. The number of carbonyl (C=O) groups is 1. The van der Waals surface area contributed by atoms with Gasteiger partial charge in [0.05, 0.1) is 10.1 Å². The normalized spacial score (nSPS) is 12.9. The van der Waals surface area contributed by atoms with Gasteiger partial charge in [-0.25, -0.2) is 4.79 Å². The van der Waals surface area contributed by atoms with Gasteiger partial charge < -0.3 is 5.11 Å². The minimum absolute atomic E-state index is 0.00697. The maximum absolute atomic E-state index is 13.6. The van der Waals surface area contributed by atoms with Crippen LogP contribution in [-0.4, -0.2) is 37.6 Å². The predicted octanol–water partition coefficient (Wildman–Crippen LogP) is 5.78. The maximum atomic E-state index is 13.6. The number of aromatic nitrogens is 2. The fourth-order valence-corrected chi connectivity index (χ4v) is 3.58. The van der Waals surface area contributed by atoms with Crippen LogP contribution >= 0.6 is 22.6 Å². The zero-order valence-electron chi connectivity index (χ0n) is 16.7. The second-order valence-electron chi connectivity index (χ2n) is 7.90. The minimum Gasteiger partial charge on any atom is -0.465 e. The fraction of sp³-hybridized carbons (Fsp3) is 0.474. The quantitative estimate of drug-likeness (QED) is 0.383. The smallest absolute Gasteiger partial charge is 0.459 e. The first kappa shape index (κ1) is 24.4. The van der Waals surface area contributed by atoms with Crippen molar-refractivity contribution in [3.8, 4) is 0 Å². The summed E-state index contributed by atoms with van der Waals surface area (Å²) < 4.78 is 65.9. The molecule has 1 heterocycles. The number of carboxylic acid groups (broad SMARTS) is 1. The molecule has 1 aromatic heterocycles. The summed E-state index contributed by atoms with van der Waals surface area (Å²) in [4.78, 5) is 12.8. The summed E-state index contributed by atoms with van der Waals surface area (Å²) in [5, 5.41) is 12.9. The Kier molecular flexibility index (Phi) is 6.74. The van der Waals surface area contributed by atoms with Gasteiger partial charge in [-0.2, -0.15) is 27.1 Å². The van der Waals surface area contributed by atoms with Crippen molar-refractivity contribution < 1.29 is 31.9 Å². The van der Waals surface area contributed by atoms with Crippen molar-refractivity contribution >= 4 is 28.7 Å². The lowest BCUT2D eigenvalue weighted by Crippen LogP contribution is -2.44. The molecule has 0 unspecified atom stereocenters. The first-order valence-electron chi connectivity index (χ1n) is 8.81. The molecule has 0 spiro atoms. The molecule has 0 radical (unpaired) electrons. The van der Waals surface area contributed by atoms with Crippen LogP contribution in [0.15, 0.2) is 24.4 Å². The highest BCUT2D eigenvalue weighted by molar-refractivity contribution is 14.1. The third-order valence-corrected chi connectivity index (χ3v) is 5.28. The van der Waals surface area contributed by atoms with Crippen LogP contribution in [0, 0.1) is 10.5 Å². The van der Waals surface area contributed by atoms with Crippen molar-refractivity contribution in [2.24, 2.45) is 0 Å². The molecule has 30 heavy (non-hydrogen) atoms. The number of hydrogen-bond acceptors (Lipinski definition) is 2. The summed E-state index contributed by atoms with van der Waals surface area (Å²) in [6, 6.07) is 5.11. The molecule has 166 valence electrons. The highest BCUT2D eigenvalue weighted by Crippen LogP contribution is 2.44. The van der Waals surface area contributed by atoms with Crippen LogP contribution in [0.5, 0.6) is 0 Å². The zero-order chi connectivity index (χ0) is 23.1. The molecule has 0 fully saturated rings. The van der Waals surface area contributed by atoms with Crippen molar-refractivity contribution in [2.45, 2.75) is 58.4 Å². The summed E-state index contributed by atoms with van der Waals surface area (Å²) in [6.45, 7) is 7.26. The summed E-state index contributed by atoms with van der Waals surface area (Å²) in [6.07, 6.45) is -5.66. The highest BCUT2D eigenvalue weighted by atomic mass is 127. The Morgan fingerprint density at radius 2 is 1.80 bits per heavy atom. The Morgan fingerprint density at radius 1 is 1.20 bits per heavy atom. The summed E-state index contributed by atoms with van der Waals surface area (Å²) >= 11 is 1.40. The number of hydrogen-bond donors (Lipinski definition) is 1. The molecule has 0 atom stereocenters. The van der Waals surface area contributed by atoms with Gasteiger partial charge in [0.1, 0.15) is 0 Å². The number of alkyl halides is 5. The lowest BCUT2D eigenvalue weighted by molar-refractivity contribution is -0.291. The number of halogens is 6. The van der Waals surface area contributed by atoms with Crippen molar-refractivity contribution in [1.82, 2.24) is 14.7 Å².